The SMILES string of the molecule is C=C(c1ccccc1)N(CCc1ccc(OC)c(OC)c1)C(=O)C(=O)c1ccccc1. The molecule has 0 aliphatic carbocycles. The first kappa shape index (κ1) is 21.8. The summed E-state index contributed by atoms with van der Waals surface area (Å²) in [7, 11) is 3.16. The number of amides is 1. The molecule has 0 saturated heterocycles. The number of hydrogen-bond donors (Lipinski definition) is 0. The highest BCUT2D eigenvalue weighted by atomic mass is 16.5. The van der Waals surface area contributed by atoms with E-state index < -0.39 is 11.7 Å². The molecule has 5 heteroatoms. The average Bonchev–Trinajstić information content (AvgIpc) is 2.84. The first-order valence-electron chi connectivity index (χ1n) is 9.91. The third-order valence-electron chi connectivity index (χ3n) is 4.98. The fourth-order valence-corrected chi connectivity index (χ4v) is 3.26. The van der Waals surface area contributed by atoms with Gasteiger partial charge in [-0.05, 0) is 29.7 Å². The summed E-state index contributed by atoms with van der Waals surface area (Å²) in [5.74, 6) is 0.0674. The maximum atomic E-state index is 13.2. The topological polar surface area (TPSA) is 55.8 Å². The molecule has 158 valence electrons. The van der Waals surface area contributed by atoms with Crippen LogP contribution in [-0.2, 0) is 11.2 Å². The van der Waals surface area contributed by atoms with Crippen LogP contribution in [-0.4, -0.2) is 37.4 Å². The second kappa shape index (κ2) is 10.3. The molecule has 0 aliphatic rings. The van der Waals surface area contributed by atoms with Crippen LogP contribution in [0.25, 0.3) is 5.70 Å². The van der Waals surface area contributed by atoms with Gasteiger partial charge in [-0.15, -0.1) is 0 Å². The van der Waals surface area contributed by atoms with Crippen molar-refractivity contribution in [3.05, 3.63) is 102 Å². The highest BCUT2D eigenvalue weighted by molar-refractivity contribution is 6.43. The van der Waals surface area contributed by atoms with Gasteiger partial charge in [0.2, 0.25) is 0 Å². The molecule has 31 heavy (non-hydrogen) atoms. The van der Waals surface area contributed by atoms with E-state index in [1.165, 1.54) is 4.90 Å². The molecule has 0 radical (unpaired) electrons. The zero-order valence-electron chi connectivity index (χ0n) is 17.7. The number of carbonyl (C=O) groups excluding carboxylic acids is 2. The van der Waals surface area contributed by atoms with E-state index in [0.717, 1.165) is 11.1 Å². The molecule has 5 nitrogen and oxygen atoms in total. The second-order valence-corrected chi connectivity index (χ2v) is 6.90. The van der Waals surface area contributed by atoms with E-state index in [0.29, 0.717) is 35.7 Å². The van der Waals surface area contributed by atoms with Crippen molar-refractivity contribution in [3.8, 4) is 11.5 Å². The summed E-state index contributed by atoms with van der Waals surface area (Å²) < 4.78 is 10.7. The third kappa shape index (κ3) is 5.20. The molecule has 0 N–H and O–H groups in total. The first-order valence-corrected chi connectivity index (χ1v) is 9.91. The van der Waals surface area contributed by atoms with Crippen LogP contribution in [0.5, 0.6) is 11.5 Å². The van der Waals surface area contributed by atoms with Crippen LogP contribution in [0.15, 0.2) is 85.4 Å². The van der Waals surface area contributed by atoms with Gasteiger partial charge in [0, 0.05) is 17.8 Å². The monoisotopic (exact) mass is 415 g/mol. The lowest BCUT2D eigenvalue weighted by molar-refractivity contribution is -0.123. The normalized spacial score (nSPS) is 10.3. The first-order chi connectivity index (χ1) is 15.0. The van der Waals surface area contributed by atoms with E-state index in [2.05, 4.69) is 6.58 Å². The number of nitrogens with zero attached hydrogens (tertiary/aromatic N) is 1. The van der Waals surface area contributed by atoms with Gasteiger partial charge in [0.15, 0.2) is 11.5 Å². The predicted molar refractivity (Wildman–Crippen MR) is 121 cm³/mol. The molecule has 0 unspecified atom stereocenters. The fourth-order valence-electron chi connectivity index (χ4n) is 3.26. The van der Waals surface area contributed by atoms with E-state index in [1.807, 2.05) is 48.5 Å². The maximum Gasteiger partial charge on any atom is 0.299 e. The van der Waals surface area contributed by atoms with Gasteiger partial charge in [0.25, 0.3) is 11.7 Å². The summed E-state index contributed by atoms with van der Waals surface area (Å²) in [6.45, 7) is 4.40. The molecule has 0 aromatic heterocycles. The van der Waals surface area contributed by atoms with Crippen LogP contribution in [0.4, 0.5) is 0 Å². The quantitative estimate of drug-likeness (QED) is 0.378. The van der Waals surface area contributed by atoms with Crippen LogP contribution in [0.3, 0.4) is 0 Å². The van der Waals surface area contributed by atoms with E-state index in [-0.39, 0.29) is 0 Å². The number of ketones is 1. The zero-order chi connectivity index (χ0) is 22.2. The lowest BCUT2D eigenvalue weighted by atomic mass is 10.1. The van der Waals surface area contributed by atoms with Crippen molar-refractivity contribution < 1.29 is 19.1 Å². The Bertz CT molecular complexity index is 1060. The molecule has 0 bridgehead atoms. The minimum Gasteiger partial charge on any atom is -0.493 e. The summed E-state index contributed by atoms with van der Waals surface area (Å²) in [5.41, 5.74) is 2.56. The van der Waals surface area contributed by atoms with Crippen molar-refractivity contribution in [2.24, 2.45) is 0 Å². The Hall–Kier alpha value is -3.86. The van der Waals surface area contributed by atoms with Gasteiger partial charge in [-0.3, -0.25) is 9.59 Å². The molecule has 0 atom stereocenters. The van der Waals surface area contributed by atoms with Crippen LogP contribution in [0.1, 0.15) is 21.5 Å². The number of hydrogen-bond acceptors (Lipinski definition) is 4. The lowest BCUT2D eigenvalue weighted by Crippen LogP contribution is -2.36. The number of Topliss-reactive ketones (excluding diaryl/α,β-unsaturated/α-hetero) is 1. The highest BCUT2D eigenvalue weighted by Gasteiger charge is 2.25. The number of benzene rings is 3. The third-order valence-corrected chi connectivity index (χ3v) is 4.98. The predicted octanol–water partition coefficient (Wildman–Crippen LogP) is 4.63. The molecule has 3 aromatic carbocycles. The Morgan fingerprint density at radius 2 is 1.39 bits per heavy atom. The van der Waals surface area contributed by atoms with E-state index >= 15 is 0 Å². The van der Waals surface area contributed by atoms with Crippen molar-refractivity contribution in [1.29, 1.82) is 0 Å². The maximum absolute atomic E-state index is 13.2. The molecular weight excluding hydrogens is 390 g/mol. The zero-order valence-corrected chi connectivity index (χ0v) is 17.7. The molecule has 3 aromatic rings. The lowest BCUT2D eigenvalue weighted by Gasteiger charge is -2.25. The Labute approximate surface area is 182 Å². The van der Waals surface area contributed by atoms with E-state index in [4.69, 9.17) is 9.47 Å². The van der Waals surface area contributed by atoms with E-state index in [9.17, 15) is 9.59 Å². The second-order valence-electron chi connectivity index (χ2n) is 6.90. The van der Waals surface area contributed by atoms with Gasteiger partial charge in [-0.2, -0.15) is 0 Å². The molecule has 3 rings (SSSR count). The average molecular weight is 415 g/mol. The molecule has 0 fully saturated rings. The Morgan fingerprint density at radius 3 is 1.97 bits per heavy atom. The Balaban J connectivity index is 1.86. The number of rotatable bonds is 9. The van der Waals surface area contributed by atoms with Crippen molar-refractivity contribution in [1.82, 2.24) is 4.90 Å². The van der Waals surface area contributed by atoms with Crippen molar-refractivity contribution >= 4 is 17.4 Å². The van der Waals surface area contributed by atoms with Gasteiger partial charge in [0.1, 0.15) is 0 Å². The van der Waals surface area contributed by atoms with Crippen LogP contribution < -0.4 is 9.47 Å². The number of methoxy groups -OCH3 is 2. The van der Waals surface area contributed by atoms with Crippen molar-refractivity contribution in [2.75, 3.05) is 20.8 Å². The Kier molecular flexibility index (Phi) is 7.22. The molecule has 0 aliphatic heterocycles. The van der Waals surface area contributed by atoms with Gasteiger partial charge in [-0.1, -0.05) is 73.3 Å². The standard InChI is InChI=1S/C26H25NO4/c1-19(21-10-6-4-7-11-21)27(26(29)25(28)22-12-8-5-9-13-22)17-16-20-14-15-23(30-2)24(18-20)31-3/h4-15,18H,1,16-17H2,2-3H3. The molecular formula is C26H25NO4. The fraction of sp³-hybridized carbons (Fsp3) is 0.154. The van der Waals surface area contributed by atoms with Gasteiger partial charge < -0.3 is 14.4 Å². The summed E-state index contributed by atoms with van der Waals surface area (Å²) in [5, 5.41) is 0. The van der Waals surface area contributed by atoms with Gasteiger partial charge in [-0.25, -0.2) is 0 Å². The van der Waals surface area contributed by atoms with Gasteiger partial charge in [0.05, 0.1) is 14.2 Å². The summed E-state index contributed by atoms with van der Waals surface area (Å²) >= 11 is 0. The number of ether oxygens (including phenoxy) is 2. The molecule has 1 amide bonds. The van der Waals surface area contributed by atoms with Gasteiger partial charge >= 0.3 is 0 Å². The van der Waals surface area contributed by atoms with E-state index in [1.54, 1.807) is 44.6 Å². The minimum atomic E-state index is -0.611. The van der Waals surface area contributed by atoms with Crippen molar-refractivity contribution in [3.63, 3.8) is 0 Å². The number of carbonyl (C=O) groups is 2. The van der Waals surface area contributed by atoms with Crippen molar-refractivity contribution in [2.45, 2.75) is 6.42 Å². The van der Waals surface area contributed by atoms with Crippen LogP contribution in [0, 0.1) is 0 Å². The summed E-state index contributed by atoms with van der Waals surface area (Å²) in [6, 6.07) is 23.5. The largest absolute Gasteiger partial charge is 0.493 e. The summed E-state index contributed by atoms with van der Waals surface area (Å²) in [4.78, 5) is 27.5. The molecule has 0 saturated carbocycles. The minimum absolute atomic E-state index is 0.292. The van der Waals surface area contributed by atoms with Crippen LogP contribution >= 0.6 is 0 Å². The smallest absolute Gasteiger partial charge is 0.299 e. The highest BCUT2D eigenvalue weighted by Crippen LogP contribution is 2.28. The molecule has 0 spiro atoms. The molecule has 0 heterocycles. The van der Waals surface area contributed by atoms with Crippen LogP contribution in [0.2, 0.25) is 0 Å². The summed E-state index contributed by atoms with van der Waals surface area (Å²) in [6.07, 6.45) is 0.514. The Morgan fingerprint density at radius 1 is 0.806 bits per heavy atom.